The van der Waals surface area contributed by atoms with Gasteiger partial charge in [0.2, 0.25) is 0 Å². The third kappa shape index (κ3) is 4.73. The van der Waals surface area contributed by atoms with E-state index in [0.717, 1.165) is 66.3 Å². The fourth-order valence-corrected chi connectivity index (χ4v) is 6.47. The zero-order valence-electron chi connectivity index (χ0n) is 24.8. The summed E-state index contributed by atoms with van der Waals surface area (Å²) in [5.74, 6) is -0.0343. The molecule has 0 atom stereocenters. The molecule has 0 spiro atoms. The third-order valence-corrected chi connectivity index (χ3v) is 8.74. The quantitative estimate of drug-likeness (QED) is 0.196. The molecule has 0 aliphatic heterocycles. The number of allylic oxidation sites excluding steroid dienone is 4. The minimum Gasteiger partial charge on any atom is -0.360 e. The first kappa shape index (κ1) is 27.3. The molecule has 218 valence electrons. The summed E-state index contributed by atoms with van der Waals surface area (Å²) in [4.78, 5) is 25.6. The highest BCUT2D eigenvalue weighted by Crippen LogP contribution is 2.39. The van der Waals surface area contributed by atoms with Crippen molar-refractivity contribution in [1.82, 2.24) is 0 Å². The standard InChI is InChI=1S/C42H28N2O2/c45-41-23-17-27-9-1-3-11-29(27)37(41)25-43-39-21-19-33(31-13-5-7-15-35(31)39)34-20-22-40(36-16-8-6-14-32(34)36)44-26-38-30-12-4-2-10-28(30)18-24-42(38)46/h1-26,43-44H/b37-25-,38-26+. The first-order valence-electron chi connectivity index (χ1n) is 15.3. The number of hydrogen-bond donors (Lipinski definition) is 2. The van der Waals surface area contributed by atoms with Gasteiger partial charge >= 0.3 is 0 Å². The van der Waals surface area contributed by atoms with Crippen LogP contribution in [0.4, 0.5) is 11.4 Å². The Hall–Kier alpha value is -6.26. The summed E-state index contributed by atoms with van der Waals surface area (Å²) in [7, 11) is 0. The average Bonchev–Trinajstić information content (AvgIpc) is 3.11. The Labute approximate surface area is 266 Å². The Morgan fingerprint density at radius 2 is 0.761 bits per heavy atom. The summed E-state index contributed by atoms with van der Waals surface area (Å²) < 4.78 is 0. The van der Waals surface area contributed by atoms with Gasteiger partial charge in [0.25, 0.3) is 0 Å². The highest BCUT2D eigenvalue weighted by molar-refractivity contribution is 6.31. The van der Waals surface area contributed by atoms with Gasteiger partial charge in [-0.2, -0.15) is 0 Å². The lowest BCUT2D eigenvalue weighted by Gasteiger charge is -2.17. The fraction of sp³-hybridized carbons (Fsp3) is 0. The van der Waals surface area contributed by atoms with E-state index in [4.69, 9.17) is 0 Å². The summed E-state index contributed by atoms with van der Waals surface area (Å²) >= 11 is 0. The SMILES string of the molecule is O=C1C=Cc2ccccc2/C1=C/Nc1ccc(-c2ccc(N/C=C3/C(=O)C=Cc4ccccc43)c3ccccc23)c2ccccc12. The number of fused-ring (bicyclic) bond motifs is 4. The summed E-state index contributed by atoms with van der Waals surface area (Å²) in [5.41, 5.74) is 9.26. The summed E-state index contributed by atoms with van der Waals surface area (Å²) in [6.45, 7) is 0. The molecule has 8 rings (SSSR count). The van der Waals surface area contributed by atoms with Crippen molar-refractivity contribution in [3.63, 3.8) is 0 Å². The number of anilines is 2. The van der Waals surface area contributed by atoms with Gasteiger partial charge < -0.3 is 10.6 Å². The van der Waals surface area contributed by atoms with E-state index < -0.39 is 0 Å². The maximum atomic E-state index is 12.8. The maximum absolute atomic E-state index is 12.8. The molecule has 0 saturated carbocycles. The molecule has 0 aromatic heterocycles. The first-order valence-corrected chi connectivity index (χ1v) is 15.3. The van der Waals surface area contributed by atoms with Crippen molar-refractivity contribution in [2.45, 2.75) is 0 Å². The van der Waals surface area contributed by atoms with Crippen molar-refractivity contribution >= 4 is 67.8 Å². The molecule has 0 bridgehead atoms. The normalized spacial score (nSPS) is 15.4. The lowest BCUT2D eigenvalue weighted by molar-refractivity contribution is -0.110. The van der Waals surface area contributed by atoms with Crippen LogP contribution in [-0.2, 0) is 9.59 Å². The van der Waals surface area contributed by atoms with Crippen LogP contribution >= 0.6 is 0 Å². The lowest BCUT2D eigenvalue weighted by atomic mass is 9.91. The van der Waals surface area contributed by atoms with Crippen LogP contribution in [0.25, 0.3) is 56.0 Å². The highest BCUT2D eigenvalue weighted by Gasteiger charge is 2.19. The number of rotatable bonds is 5. The minimum absolute atomic E-state index is 0.0172. The van der Waals surface area contributed by atoms with Crippen LogP contribution in [0.1, 0.15) is 22.3 Å². The van der Waals surface area contributed by atoms with Crippen LogP contribution in [0.2, 0.25) is 0 Å². The molecular formula is C42H28N2O2. The zero-order valence-corrected chi connectivity index (χ0v) is 24.8. The number of carbonyl (C=O) groups excluding carboxylic acids is 2. The van der Waals surface area contributed by atoms with Crippen molar-refractivity contribution in [2.75, 3.05) is 10.6 Å². The Morgan fingerprint density at radius 3 is 1.22 bits per heavy atom. The number of benzene rings is 6. The van der Waals surface area contributed by atoms with Crippen LogP contribution in [-0.4, -0.2) is 11.6 Å². The van der Waals surface area contributed by atoms with Gasteiger partial charge in [0.15, 0.2) is 11.6 Å². The van der Waals surface area contributed by atoms with E-state index in [1.807, 2.05) is 85.2 Å². The van der Waals surface area contributed by atoms with Crippen molar-refractivity contribution < 1.29 is 9.59 Å². The van der Waals surface area contributed by atoms with Gasteiger partial charge in [-0.05, 0) is 68.4 Å². The molecule has 2 aliphatic carbocycles. The van der Waals surface area contributed by atoms with Crippen molar-refractivity contribution in [1.29, 1.82) is 0 Å². The van der Waals surface area contributed by atoms with Crippen LogP contribution in [0, 0.1) is 0 Å². The molecular weight excluding hydrogens is 564 g/mol. The number of hydrogen-bond acceptors (Lipinski definition) is 4. The molecule has 4 heteroatoms. The summed E-state index contributed by atoms with van der Waals surface area (Å²) in [5, 5.41) is 11.2. The van der Waals surface area contributed by atoms with Gasteiger partial charge in [-0.15, -0.1) is 0 Å². The molecule has 2 aliphatic rings. The second-order valence-corrected chi connectivity index (χ2v) is 11.4. The molecule has 0 fully saturated rings. The third-order valence-electron chi connectivity index (χ3n) is 8.74. The molecule has 0 amide bonds. The van der Waals surface area contributed by atoms with E-state index in [1.165, 1.54) is 0 Å². The zero-order chi connectivity index (χ0) is 31.0. The Balaban J connectivity index is 1.17. The van der Waals surface area contributed by atoms with Gasteiger partial charge in [0, 0.05) is 45.7 Å². The van der Waals surface area contributed by atoms with Crippen molar-refractivity contribution in [3.8, 4) is 11.1 Å². The van der Waals surface area contributed by atoms with E-state index >= 15 is 0 Å². The van der Waals surface area contributed by atoms with E-state index in [-0.39, 0.29) is 11.6 Å². The van der Waals surface area contributed by atoms with Crippen LogP contribution in [0.3, 0.4) is 0 Å². The number of carbonyl (C=O) groups is 2. The van der Waals surface area contributed by atoms with Gasteiger partial charge in [-0.3, -0.25) is 9.59 Å². The van der Waals surface area contributed by atoms with E-state index in [2.05, 4.69) is 71.3 Å². The number of ketones is 2. The molecule has 0 unspecified atom stereocenters. The minimum atomic E-state index is -0.0172. The molecule has 4 nitrogen and oxygen atoms in total. The predicted molar refractivity (Wildman–Crippen MR) is 191 cm³/mol. The number of nitrogens with one attached hydrogen (secondary N) is 2. The molecule has 2 N–H and O–H groups in total. The first-order chi connectivity index (χ1) is 22.7. The highest BCUT2D eigenvalue weighted by atomic mass is 16.1. The maximum Gasteiger partial charge on any atom is 0.187 e. The molecule has 46 heavy (non-hydrogen) atoms. The van der Waals surface area contributed by atoms with E-state index in [0.29, 0.717) is 11.1 Å². The molecule has 0 radical (unpaired) electrons. The van der Waals surface area contributed by atoms with Crippen LogP contribution in [0.15, 0.2) is 146 Å². The molecule has 6 aromatic rings. The Kier molecular flexibility index (Phi) is 6.73. The van der Waals surface area contributed by atoms with Gasteiger partial charge in [-0.1, -0.05) is 121 Å². The molecule has 0 saturated heterocycles. The molecule has 6 aromatic carbocycles. The van der Waals surface area contributed by atoms with Gasteiger partial charge in [0.05, 0.1) is 0 Å². The van der Waals surface area contributed by atoms with E-state index in [9.17, 15) is 9.59 Å². The average molecular weight is 593 g/mol. The fourth-order valence-electron chi connectivity index (χ4n) is 6.47. The summed E-state index contributed by atoms with van der Waals surface area (Å²) in [6.07, 6.45) is 10.6. The van der Waals surface area contributed by atoms with Gasteiger partial charge in [-0.25, -0.2) is 0 Å². The molecule has 0 heterocycles. The van der Waals surface area contributed by atoms with Crippen molar-refractivity contribution in [3.05, 3.63) is 168 Å². The van der Waals surface area contributed by atoms with Crippen LogP contribution in [0.5, 0.6) is 0 Å². The lowest BCUT2D eigenvalue weighted by Crippen LogP contribution is -2.06. The second kappa shape index (κ2) is 11.3. The largest absolute Gasteiger partial charge is 0.360 e. The van der Waals surface area contributed by atoms with Crippen LogP contribution < -0.4 is 10.6 Å². The predicted octanol–water partition coefficient (Wildman–Crippen LogP) is 9.76. The smallest absolute Gasteiger partial charge is 0.187 e. The second-order valence-electron chi connectivity index (χ2n) is 11.4. The van der Waals surface area contributed by atoms with E-state index in [1.54, 1.807) is 12.2 Å². The topological polar surface area (TPSA) is 58.2 Å². The monoisotopic (exact) mass is 592 g/mol. The Morgan fingerprint density at radius 1 is 0.370 bits per heavy atom. The van der Waals surface area contributed by atoms with Gasteiger partial charge in [0.1, 0.15) is 0 Å². The Bertz CT molecular complexity index is 2190. The van der Waals surface area contributed by atoms with Crippen molar-refractivity contribution in [2.24, 2.45) is 0 Å². The summed E-state index contributed by atoms with van der Waals surface area (Å²) in [6, 6.07) is 41.0.